The zero-order chi connectivity index (χ0) is 27.0. The molecule has 3 heterocycles. The van der Waals surface area contributed by atoms with Crippen LogP contribution in [0.4, 0.5) is 4.39 Å². The highest BCUT2D eigenvalue weighted by Crippen LogP contribution is 2.31. The van der Waals surface area contributed by atoms with Crippen LogP contribution in [0, 0.1) is 11.7 Å². The molecule has 0 aliphatic carbocycles. The standard InChI is InChI=1S/C28H30ClFN4O4/c1-31-10-12-33(13-11-31)28(37)26(35)23-17-34(38)25-16-24(29)22(15-21(23)25)27(36)32-8-6-19(7-9-32)14-18-2-4-20(30)5-3-18/h2-5,15-17,19,38H,6-14H2,1H3. The molecule has 2 fully saturated rings. The van der Waals surface area contributed by atoms with Crippen molar-refractivity contribution in [2.24, 2.45) is 5.92 Å². The van der Waals surface area contributed by atoms with E-state index in [1.165, 1.54) is 35.4 Å². The van der Waals surface area contributed by atoms with E-state index in [-0.39, 0.29) is 33.4 Å². The van der Waals surface area contributed by atoms with Crippen LogP contribution in [0.1, 0.15) is 39.1 Å². The molecule has 1 aromatic heterocycles. The molecule has 10 heteroatoms. The molecule has 38 heavy (non-hydrogen) atoms. The van der Waals surface area contributed by atoms with Crippen LogP contribution in [0.5, 0.6) is 0 Å². The quantitative estimate of drug-likeness (QED) is 0.303. The highest BCUT2D eigenvalue weighted by atomic mass is 35.5. The molecule has 0 unspecified atom stereocenters. The summed E-state index contributed by atoms with van der Waals surface area (Å²) in [6, 6.07) is 9.46. The Balaban J connectivity index is 1.32. The van der Waals surface area contributed by atoms with Crippen LogP contribution in [-0.4, -0.2) is 88.6 Å². The lowest BCUT2D eigenvalue weighted by molar-refractivity contribution is -0.127. The summed E-state index contributed by atoms with van der Waals surface area (Å²) >= 11 is 6.46. The Bertz CT molecular complexity index is 1370. The van der Waals surface area contributed by atoms with Gasteiger partial charge >= 0.3 is 0 Å². The van der Waals surface area contributed by atoms with Crippen molar-refractivity contribution in [1.82, 2.24) is 19.4 Å². The lowest BCUT2D eigenvalue weighted by Gasteiger charge is -2.32. The monoisotopic (exact) mass is 540 g/mol. The van der Waals surface area contributed by atoms with Gasteiger partial charge in [0.15, 0.2) is 0 Å². The van der Waals surface area contributed by atoms with Gasteiger partial charge in [0.1, 0.15) is 5.82 Å². The second-order valence-corrected chi connectivity index (χ2v) is 10.6. The van der Waals surface area contributed by atoms with E-state index < -0.39 is 11.7 Å². The van der Waals surface area contributed by atoms with Crippen molar-refractivity contribution in [1.29, 1.82) is 0 Å². The third kappa shape index (κ3) is 5.26. The van der Waals surface area contributed by atoms with Crippen molar-refractivity contribution in [3.05, 3.63) is 70.1 Å². The van der Waals surface area contributed by atoms with Crippen molar-refractivity contribution >= 4 is 40.1 Å². The Morgan fingerprint density at radius 2 is 1.61 bits per heavy atom. The summed E-state index contributed by atoms with van der Waals surface area (Å²) in [5.41, 5.74) is 1.58. The zero-order valence-electron chi connectivity index (χ0n) is 21.2. The molecule has 2 saturated heterocycles. The van der Waals surface area contributed by atoms with E-state index in [1.807, 2.05) is 7.05 Å². The molecule has 2 amide bonds. The van der Waals surface area contributed by atoms with Gasteiger partial charge in [0.05, 0.1) is 27.9 Å². The van der Waals surface area contributed by atoms with E-state index in [0.717, 1.165) is 29.6 Å². The minimum Gasteiger partial charge on any atom is -0.428 e. The molecule has 0 radical (unpaired) electrons. The Morgan fingerprint density at radius 1 is 0.947 bits per heavy atom. The van der Waals surface area contributed by atoms with Crippen molar-refractivity contribution in [3.8, 4) is 0 Å². The number of piperidine rings is 1. The number of carbonyl (C=O) groups is 3. The number of amides is 2. The number of halogens is 2. The first-order chi connectivity index (χ1) is 18.2. The van der Waals surface area contributed by atoms with Gasteiger partial charge in [0, 0.05) is 44.7 Å². The average Bonchev–Trinajstić information content (AvgIpc) is 3.24. The van der Waals surface area contributed by atoms with Gasteiger partial charge in [-0.3, -0.25) is 14.4 Å². The van der Waals surface area contributed by atoms with Crippen LogP contribution < -0.4 is 0 Å². The van der Waals surface area contributed by atoms with E-state index in [9.17, 15) is 24.0 Å². The fraction of sp³-hybridized carbons (Fsp3) is 0.393. The molecule has 2 aliphatic rings. The summed E-state index contributed by atoms with van der Waals surface area (Å²) < 4.78 is 14.0. The molecule has 0 atom stereocenters. The molecule has 0 saturated carbocycles. The zero-order valence-corrected chi connectivity index (χ0v) is 22.0. The summed E-state index contributed by atoms with van der Waals surface area (Å²) in [7, 11) is 1.96. The van der Waals surface area contributed by atoms with Crippen molar-refractivity contribution in [2.75, 3.05) is 46.3 Å². The predicted octanol–water partition coefficient (Wildman–Crippen LogP) is 3.72. The Morgan fingerprint density at radius 3 is 2.26 bits per heavy atom. The van der Waals surface area contributed by atoms with Gasteiger partial charge in [-0.15, -0.1) is 0 Å². The number of piperazine rings is 1. The molecule has 2 aliphatic heterocycles. The maximum absolute atomic E-state index is 13.4. The van der Waals surface area contributed by atoms with Crippen molar-refractivity contribution in [3.63, 3.8) is 0 Å². The topological polar surface area (TPSA) is 86.1 Å². The predicted molar refractivity (Wildman–Crippen MR) is 141 cm³/mol. The van der Waals surface area contributed by atoms with Crippen LogP contribution >= 0.6 is 11.6 Å². The number of hydrogen-bond donors (Lipinski definition) is 1. The maximum atomic E-state index is 13.4. The molecule has 8 nitrogen and oxygen atoms in total. The highest BCUT2D eigenvalue weighted by Gasteiger charge is 2.30. The van der Waals surface area contributed by atoms with Gasteiger partial charge in [-0.05, 0) is 62.1 Å². The molecule has 3 aromatic rings. The number of likely N-dealkylation sites (N-methyl/N-ethyl adjacent to an activating group) is 1. The molecular formula is C28H30ClFN4O4. The second kappa shape index (κ2) is 10.7. The smallest absolute Gasteiger partial charge is 0.295 e. The Labute approximate surface area is 225 Å². The van der Waals surface area contributed by atoms with Gasteiger partial charge in [0.25, 0.3) is 17.6 Å². The van der Waals surface area contributed by atoms with Crippen molar-refractivity contribution in [2.45, 2.75) is 19.3 Å². The number of likely N-dealkylation sites (tertiary alicyclic amines) is 1. The van der Waals surface area contributed by atoms with Gasteiger partial charge in [0.2, 0.25) is 0 Å². The third-order valence-corrected chi connectivity index (χ3v) is 7.99. The number of ketones is 1. The summed E-state index contributed by atoms with van der Waals surface area (Å²) in [5, 5.41) is 10.9. The van der Waals surface area contributed by atoms with Crippen LogP contribution in [-0.2, 0) is 11.2 Å². The number of rotatable bonds is 5. The maximum Gasteiger partial charge on any atom is 0.295 e. The van der Waals surface area contributed by atoms with Crippen LogP contribution in [0.3, 0.4) is 0 Å². The second-order valence-electron chi connectivity index (χ2n) is 10.2. The van der Waals surface area contributed by atoms with Crippen molar-refractivity contribution < 1.29 is 24.0 Å². The molecular weight excluding hydrogens is 511 g/mol. The number of fused-ring (bicyclic) bond motifs is 1. The summed E-state index contributed by atoms with van der Waals surface area (Å²) in [6.07, 6.45) is 3.64. The number of aromatic nitrogens is 1. The number of benzene rings is 2. The molecule has 200 valence electrons. The number of hydrogen-bond acceptors (Lipinski definition) is 5. The fourth-order valence-electron chi connectivity index (χ4n) is 5.31. The first-order valence-corrected chi connectivity index (χ1v) is 13.2. The lowest BCUT2D eigenvalue weighted by atomic mass is 9.90. The normalized spacial score (nSPS) is 17.2. The fourth-order valence-corrected chi connectivity index (χ4v) is 5.55. The largest absolute Gasteiger partial charge is 0.428 e. The minimum atomic E-state index is -0.727. The van der Waals surface area contributed by atoms with Crippen LogP contribution in [0.15, 0.2) is 42.6 Å². The first kappa shape index (κ1) is 26.2. The number of Topliss-reactive ketones (excluding diaryl/α,β-unsaturated/α-hetero) is 1. The number of carbonyl (C=O) groups excluding carboxylic acids is 3. The van der Waals surface area contributed by atoms with Gasteiger partial charge in [-0.2, -0.15) is 4.73 Å². The molecule has 1 N–H and O–H groups in total. The summed E-state index contributed by atoms with van der Waals surface area (Å²) in [6.45, 7) is 3.35. The highest BCUT2D eigenvalue weighted by molar-refractivity contribution is 6.45. The van der Waals surface area contributed by atoms with Gasteiger partial charge in [-0.25, -0.2) is 4.39 Å². The van der Waals surface area contributed by atoms with E-state index in [0.29, 0.717) is 50.6 Å². The molecule has 0 bridgehead atoms. The average molecular weight is 541 g/mol. The summed E-state index contributed by atoms with van der Waals surface area (Å²) in [5.74, 6) is -1.48. The summed E-state index contributed by atoms with van der Waals surface area (Å²) in [4.78, 5) is 44.8. The Kier molecular flexibility index (Phi) is 7.40. The molecule has 5 rings (SSSR count). The van der Waals surface area contributed by atoms with Gasteiger partial charge < -0.3 is 19.9 Å². The van der Waals surface area contributed by atoms with Crippen LogP contribution in [0.2, 0.25) is 5.02 Å². The Hall–Kier alpha value is -3.43. The molecule has 2 aromatic carbocycles. The first-order valence-electron chi connectivity index (χ1n) is 12.8. The number of nitrogens with zero attached hydrogens (tertiary/aromatic N) is 4. The van der Waals surface area contributed by atoms with Gasteiger partial charge in [-0.1, -0.05) is 23.7 Å². The molecule has 0 spiro atoms. The lowest BCUT2D eigenvalue weighted by Crippen LogP contribution is -2.49. The van der Waals surface area contributed by atoms with E-state index in [1.54, 1.807) is 17.0 Å². The minimum absolute atomic E-state index is 0.0372. The van der Waals surface area contributed by atoms with Crippen LogP contribution in [0.25, 0.3) is 10.9 Å². The van der Waals surface area contributed by atoms with E-state index in [4.69, 9.17) is 11.6 Å². The van der Waals surface area contributed by atoms with E-state index in [2.05, 4.69) is 4.90 Å². The third-order valence-electron chi connectivity index (χ3n) is 7.67. The SMILES string of the molecule is CN1CCN(C(=O)C(=O)c2cn(O)c3cc(Cl)c(C(=O)N4CCC(Cc5ccc(F)cc5)CC4)cc23)CC1. The van der Waals surface area contributed by atoms with E-state index >= 15 is 0 Å².